The molecule has 2 aromatic heterocycles. The van der Waals surface area contributed by atoms with E-state index in [2.05, 4.69) is 6.07 Å². The minimum absolute atomic E-state index is 0.00680. The highest BCUT2D eigenvalue weighted by atomic mass is 32.1. The Balaban J connectivity index is 1.55. The number of aromatic nitrogens is 2. The number of carbonyl (C=O) groups excluding carboxylic acids is 1. The lowest BCUT2D eigenvalue weighted by atomic mass is 9.98. The van der Waals surface area contributed by atoms with Gasteiger partial charge in [-0.1, -0.05) is 18.2 Å². The van der Waals surface area contributed by atoms with Gasteiger partial charge in [-0.15, -0.1) is 11.3 Å². The van der Waals surface area contributed by atoms with Gasteiger partial charge in [0.05, 0.1) is 28.6 Å². The molecule has 1 aromatic carbocycles. The smallest absolute Gasteiger partial charge is 0.273 e. The number of nitrogens with zero attached hydrogens (tertiary/aromatic N) is 5. The van der Waals surface area contributed by atoms with Crippen LogP contribution in [0.2, 0.25) is 0 Å². The van der Waals surface area contributed by atoms with Crippen LogP contribution >= 0.6 is 11.3 Å². The van der Waals surface area contributed by atoms with E-state index >= 15 is 0 Å². The van der Waals surface area contributed by atoms with Crippen LogP contribution in [-0.2, 0) is 6.54 Å². The van der Waals surface area contributed by atoms with E-state index in [-0.39, 0.29) is 36.6 Å². The molecular formula is C26H30N6O3S. The molecule has 1 unspecified atom stereocenters. The molecule has 3 N–H and O–H groups in total. The van der Waals surface area contributed by atoms with Crippen LogP contribution in [0.5, 0.6) is 0 Å². The number of aliphatic hydroxyl groups is 1. The summed E-state index contributed by atoms with van der Waals surface area (Å²) in [5.74, 6) is 0.660. The second kappa shape index (κ2) is 10.4. The molecule has 3 aromatic rings. The summed E-state index contributed by atoms with van der Waals surface area (Å²) in [5, 5.41) is 19.0. The Hall–Kier alpha value is -3.26. The molecule has 36 heavy (non-hydrogen) atoms. The number of piperidine rings is 2. The van der Waals surface area contributed by atoms with E-state index < -0.39 is 0 Å². The highest BCUT2D eigenvalue weighted by Gasteiger charge is 2.27. The summed E-state index contributed by atoms with van der Waals surface area (Å²) in [6.07, 6.45) is 3.37. The van der Waals surface area contributed by atoms with Gasteiger partial charge in [-0.3, -0.25) is 14.2 Å². The number of fused-ring (bicyclic) bond motifs is 1. The fourth-order valence-electron chi connectivity index (χ4n) is 5.09. The van der Waals surface area contributed by atoms with Crippen molar-refractivity contribution in [3.05, 3.63) is 56.7 Å². The number of nitrogens with two attached hydrogens (primary N) is 1. The predicted molar refractivity (Wildman–Crippen MR) is 139 cm³/mol. The Labute approximate surface area is 213 Å². The lowest BCUT2D eigenvalue weighted by Gasteiger charge is -2.33. The van der Waals surface area contributed by atoms with E-state index in [1.807, 2.05) is 17.0 Å². The SMILES string of the molecule is N#Cc1ccccc1Cn1c(N2CCCC(N)C2)nc2cc(C(=O)N3CCC(CO)CC3)sc2c1=O. The third-order valence-electron chi connectivity index (χ3n) is 7.19. The van der Waals surface area contributed by atoms with Crippen molar-refractivity contribution in [2.45, 2.75) is 38.3 Å². The lowest BCUT2D eigenvalue weighted by molar-refractivity contribution is 0.0655. The third-order valence-corrected chi connectivity index (χ3v) is 8.29. The average Bonchev–Trinajstić information content (AvgIpc) is 3.34. The molecule has 2 aliphatic heterocycles. The Kier molecular flexibility index (Phi) is 7.05. The zero-order valence-corrected chi connectivity index (χ0v) is 20.9. The van der Waals surface area contributed by atoms with Crippen LogP contribution in [0.3, 0.4) is 0 Å². The maximum absolute atomic E-state index is 13.8. The van der Waals surface area contributed by atoms with Crippen molar-refractivity contribution < 1.29 is 9.90 Å². The van der Waals surface area contributed by atoms with Gasteiger partial charge in [-0.05, 0) is 49.3 Å². The number of rotatable bonds is 5. The molecule has 2 fully saturated rings. The Morgan fingerprint density at radius 3 is 2.72 bits per heavy atom. The summed E-state index contributed by atoms with van der Waals surface area (Å²) in [6.45, 7) is 2.87. The summed E-state index contributed by atoms with van der Waals surface area (Å²) < 4.78 is 2.05. The second-order valence-electron chi connectivity index (χ2n) is 9.66. The maximum atomic E-state index is 13.8. The molecule has 2 saturated heterocycles. The highest BCUT2D eigenvalue weighted by Crippen LogP contribution is 2.28. The van der Waals surface area contributed by atoms with E-state index in [1.54, 1.807) is 27.7 Å². The van der Waals surface area contributed by atoms with Crippen LogP contribution in [-0.4, -0.2) is 64.3 Å². The fraction of sp³-hybridized carbons (Fsp3) is 0.462. The molecule has 5 rings (SSSR count). The first-order chi connectivity index (χ1) is 17.5. The van der Waals surface area contributed by atoms with Crippen LogP contribution in [0.25, 0.3) is 10.2 Å². The van der Waals surface area contributed by atoms with Gasteiger partial charge in [0.2, 0.25) is 5.95 Å². The predicted octanol–water partition coefficient (Wildman–Crippen LogP) is 2.15. The maximum Gasteiger partial charge on any atom is 0.273 e. The zero-order chi connectivity index (χ0) is 25.2. The number of anilines is 1. The summed E-state index contributed by atoms with van der Waals surface area (Å²) >= 11 is 1.18. The van der Waals surface area contributed by atoms with Crippen molar-refractivity contribution in [1.82, 2.24) is 14.5 Å². The minimum Gasteiger partial charge on any atom is -0.396 e. The fourth-order valence-corrected chi connectivity index (χ4v) is 6.11. The number of likely N-dealkylation sites (tertiary alicyclic amines) is 1. The molecule has 0 aliphatic carbocycles. The Bertz CT molecular complexity index is 1370. The van der Waals surface area contributed by atoms with Gasteiger partial charge in [0.25, 0.3) is 11.5 Å². The topological polar surface area (TPSA) is 128 Å². The third kappa shape index (κ3) is 4.74. The van der Waals surface area contributed by atoms with Crippen molar-refractivity contribution in [1.29, 1.82) is 5.26 Å². The summed E-state index contributed by atoms with van der Waals surface area (Å²) in [4.78, 5) is 36.3. The molecule has 1 amide bonds. The number of hydrogen-bond donors (Lipinski definition) is 2. The van der Waals surface area contributed by atoms with Gasteiger partial charge in [0, 0.05) is 38.8 Å². The molecule has 0 spiro atoms. The van der Waals surface area contributed by atoms with Gasteiger partial charge in [-0.25, -0.2) is 4.98 Å². The summed E-state index contributed by atoms with van der Waals surface area (Å²) in [6, 6.07) is 11.2. The van der Waals surface area contributed by atoms with Gasteiger partial charge in [0.1, 0.15) is 4.70 Å². The number of benzene rings is 1. The average molecular weight is 507 g/mol. The van der Waals surface area contributed by atoms with Crippen LogP contribution < -0.4 is 16.2 Å². The van der Waals surface area contributed by atoms with Crippen molar-refractivity contribution >= 4 is 33.4 Å². The van der Waals surface area contributed by atoms with Crippen LogP contribution in [0.1, 0.15) is 46.5 Å². The van der Waals surface area contributed by atoms with E-state index in [0.717, 1.165) is 37.8 Å². The van der Waals surface area contributed by atoms with Crippen molar-refractivity contribution in [3.8, 4) is 6.07 Å². The normalized spacial score (nSPS) is 19.0. The summed E-state index contributed by atoms with van der Waals surface area (Å²) in [7, 11) is 0. The first-order valence-corrected chi connectivity index (χ1v) is 13.2. The Morgan fingerprint density at radius 2 is 2.00 bits per heavy atom. The number of hydrogen-bond acceptors (Lipinski definition) is 8. The van der Waals surface area contributed by atoms with Crippen molar-refractivity contribution in [3.63, 3.8) is 0 Å². The number of thiophene rings is 1. The molecule has 0 bridgehead atoms. The highest BCUT2D eigenvalue weighted by molar-refractivity contribution is 7.20. The largest absolute Gasteiger partial charge is 0.396 e. The molecule has 10 heteroatoms. The quantitative estimate of drug-likeness (QED) is 0.543. The van der Waals surface area contributed by atoms with Crippen molar-refractivity contribution in [2.75, 3.05) is 37.7 Å². The first-order valence-electron chi connectivity index (χ1n) is 12.4. The second-order valence-corrected chi connectivity index (χ2v) is 10.7. The van der Waals surface area contributed by atoms with Crippen LogP contribution in [0.4, 0.5) is 5.95 Å². The number of amides is 1. The standard InChI is InChI=1S/C26H30N6O3S/c27-13-18-4-1-2-5-19(18)14-32-25(35)23-21(29-26(32)31-9-3-6-20(28)15-31)12-22(36-23)24(34)30-10-7-17(16-33)8-11-30/h1-2,4-5,12,17,20,33H,3,6-11,14-16,28H2. The molecule has 0 saturated carbocycles. The minimum atomic E-state index is -0.218. The molecule has 1 atom stereocenters. The molecule has 188 valence electrons. The molecule has 4 heterocycles. The number of aliphatic hydroxyl groups excluding tert-OH is 1. The van der Waals surface area contributed by atoms with E-state index in [1.165, 1.54) is 11.3 Å². The Morgan fingerprint density at radius 1 is 1.22 bits per heavy atom. The number of nitriles is 1. The lowest BCUT2D eigenvalue weighted by Crippen LogP contribution is -2.45. The molecule has 9 nitrogen and oxygen atoms in total. The number of carbonyl (C=O) groups is 1. The van der Waals surface area contributed by atoms with E-state index in [4.69, 9.17) is 10.7 Å². The van der Waals surface area contributed by atoms with Gasteiger partial charge in [-0.2, -0.15) is 5.26 Å². The summed E-state index contributed by atoms with van der Waals surface area (Å²) in [5.41, 5.74) is 7.79. The van der Waals surface area contributed by atoms with Crippen LogP contribution in [0, 0.1) is 17.2 Å². The van der Waals surface area contributed by atoms with Gasteiger partial charge in [0.15, 0.2) is 0 Å². The van der Waals surface area contributed by atoms with Crippen molar-refractivity contribution in [2.24, 2.45) is 11.7 Å². The monoisotopic (exact) mass is 506 g/mol. The van der Waals surface area contributed by atoms with E-state index in [0.29, 0.717) is 46.2 Å². The molecular weight excluding hydrogens is 476 g/mol. The molecule has 2 aliphatic rings. The first kappa shape index (κ1) is 24.4. The molecule has 0 radical (unpaired) electrons. The van der Waals surface area contributed by atoms with Crippen LogP contribution in [0.15, 0.2) is 35.1 Å². The van der Waals surface area contributed by atoms with Gasteiger partial charge >= 0.3 is 0 Å². The van der Waals surface area contributed by atoms with Gasteiger partial charge < -0.3 is 20.6 Å². The zero-order valence-electron chi connectivity index (χ0n) is 20.1. The van der Waals surface area contributed by atoms with E-state index in [9.17, 15) is 20.0 Å².